The molecule has 0 aliphatic heterocycles. The molecule has 0 saturated heterocycles. The molecule has 0 saturated carbocycles. The van der Waals surface area contributed by atoms with E-state index in [4.69, 9.17) is 0 Å². The van der Waals surface area contributed by atoms with Crippen LogP contribution >= 0.6 is 0 Å². The maximum Gasteiger partial charge on any atom is 0.178 e. The first-order valence-corrected chi connectivity index (χ1v) is 5.87. The van der Waals surface area contributed by atoms with Gasteiger partial charge in [-0.15, -0.1) is 0 Å². The maximum absolute atomic E-state index is 4.39. The molecule has 88 valence electrons. The second-order valence-electron chi connectivity index (χ2n) is 4.24. The van der Waals surface area contributed by atoms with Gasteiger partial charge in [-0.25, -0.2) is 9.97 Å². The monoisotopic (exact) mass is 235 g/mol. The first-order chi connectivity index (χ1) is 8.81. The van der Waals surface area contributed by atoms with Gasteiger partial charge < -0.3 is 4.98 Å². The van der Waals surface area contributed by atoms with Crippen LogP contribution in [0.2, 0.25) is 0 Å². The Morgan fingerprint density at radius 2 is 1.89 bits per heavy atom. The van der Waals surface area contributed by atoms with Crippen LogP contribution in [0.25, 0.3) is 23.3 Å². The molecule has 0 spiro atoms. The molecule has 0 atom stereocenters. The van der Waals surface area contributed by atoms with E-state index in [1.165, 1.54) is 5.56 Å². The van der Waals surface area contributed by atoms with Crippen LogP contribution in [-0.4, -0.2) is 15.0 Å². The summed E-state index contributed by atoms with van der Waals surface area (Å²) in [5.41, 5.74) is 4.14. The molecule has 0 aliphatic carbocycles. The second-order valence-corrected chi connectivity index (χ2v) is 4.24. The highest BCUT2D eigenvalue weighted by molar-refractivity contribution is 5.75. The molecule has 2 heterocycles. The summed E-state index contributed by atoms with van der Waals surface area (Å²) in [7, 11) is 0. The summed E-state index contributed by atoms with van der Waals surface area (Å²) in [6.07, 6.45) is 5.75. The third-order valence-corrected chi connectivity index (χ3v) is 2.79. The number of aryl methyl sites for hydroxylation is 1. The lowest BCUT2D eigenvalue weighted by Crippen LogP contribution is -1.76. The minimum Gasteiger partial charge on any atom is -0.337 e. The number of nitrogens with zero attached hydrogens (tertiary/aromatic N) is 2. The fourth-order valence-electron chi connectivity index (χ4n) is 1.80. The lowest BCUT2D eigenvalue weighted by molar-refractivity contribution is 1.27. The molecule has 3 aromatic rings. The van der Waals surface area contributed by atoms with Crippen molar-refractivity contribution in [2.75, 3.05) is 0 Å². The van der Waals surface area contributed by atoms with E-state index < -0.39 is 0 Å². The molecule has 1 N–H and O–H groups in total. The van der Waals surface area contributed by atoms with Gasteiger partial charge in [-0.2, -0.15) is 0 Å². The average Bonchev–Trinajstić information content (AvgIpc) is 2.81. The Morgan fingerprint density at radius 1 is 1.06 bits per heavy atom. The van der Waals surface area contributed by atoms with Crippen molar-refractivity contribution in [1.82, 2.24) is 15.0 Å². The lowest BCUT2D eigenvalue weighted by atomic mass is 10.1. The Kier molecular flexibility index (Phi) is 2.65. The van der Waals surface area contributed by atoms with Gasteiger partial charge >= 0.3 is 0 Å². The number of hydrogen-bond donors (Lipinski definition) is 1. The summed E-state index contributed by atoms with van der Waals surface area (Å²) in [5.74, 6) is 0.823. The molecular formula is C15H13N3. The van der Waals surface area contributed by atoms with E-state index in [-0.39, 0.29) is 0 Å². The standard InChI is InChI=1S/C15H13N3/c1-11-4-6-12(7-5-11)8-9-14-17-13-3-2-10-16-15(13)18-14/h2-10H,1H3,(H,16,17,18). The highest BCUT2D eigenvalue weighted by atomic mass is 15.0. The topological polar surface area (TPSA) is 41.6 Å². The Morgan fingerprint density at radius 3 is 2.67 bits per heavy atom. The number of fused-ring (bicyclic) bond motifs is 1. The molecule has 0 fully saturated rings. The van der Waals surface area contributed by atoms with Gasteiger partial charge in [-0.3, -0.25) is 0 Å². The molecule has 0 aliphatic rings. The number of imidazole rings is 1. The molecule has 1 aromatic carbocycles. The van der Waals surface area contributed by atoms with Crippen LogP contribution in [0.4, 0.5) is 0 Å². The zero-order valence-electron chi connectivity index (χ0n) is 10.1. The quantitative estimate of drug-likeness (QED) is 0.739. The molecule has 0 unspecified atom stereocenters. The Balaban J connectivity index is 1.89. The van der Waals surface area contributed by atoms with E-state index in [1.54, 1.807) is 6.20 Å². The number of rotatable bonds is 2. The van der Waals surface area contributed by atoms with Gasteiger partial charge in [0, 0.05) is 6.20 Å². The number of aromatic amines is 1. The van der Waals surface area contributed by atoms with Crippen molar-refractivity contribution < 1.29 is 0 Å². The third-order valence-electron chi connectivity index (χ3n) is 2.79. The van der Waals surface area contributed by atoms with Gasteiger partial charge in [0.05, 0.1) is 5.52 Å². The first-order valence-electron chi connectivity index (χ1n) is 5.87. The highest BCUT2D eigenvalue weighted by Gasteiger charge is 1.98. The molecule has 0 radical (unpaired) electrons. The Hall–Kier alpha value is -2.42. The number of H-pyrrole nitrogens is 1. The fraction of sp³-hybridized carbons (Fsp3) is 0.0667. The van der Waals surface area contributed by atoms with E-state index in [2.05, 4.69) is 46.1 Å². The number of hydrogen-bond acceptors (Lipinski definition) is 2. The zero-order valence-corrected chi connectivity index (χ0v) is 10.1. The first kappa shape index (κ1) is 10.7. The van der Waals surface area contributed by atoms with Crippen LogP contribution < -0.4 is 0 Å². The van der Waals surface area contributed by atoms with Gasteiger partial charge in [0.1, 0.15) is 5.82 Å². The van der Waals surface area contributed by atoms with Crippen LogP contribution in [0.3, 0.4) is 0 Å². The molecule has 0 amide bonds. The average molecular weight is 235 g/mol. The van der Waals surface area contributed by atoms with Crippen molar-refractivity contribution in [3.05, 3.63) is 59.5 Å². The Labute approximate surface area is 105 Å². The van der Waals surface area contributed by atoms with Crippen molar-refractivity contribution in [3.8, 4) is 0 Å². The van der Waals surface area contributed by atoms with Crippen molar-refractivity contribution in [2.45, 2.75) is 6.92 Å². The molecule has 3 heteroatoms. The Bertz CT molecular complexity index is 660. The normalized spacial score (nSPS) is 11.4. The summed E-state index contributed by atoms with van der Waals surface area (Å²) >= 11 is 0. The van der Waals surface area contributed by atoms with E-state index in [9.17, 15) is 0 Å². The second kappa shape index (κ2) is 4.45. The summed E-state index contributed by atoms with van der Waals surface area (Å²) in [6, 6.07) is 12.2. The van der Waals surface area contributed by atoms with Gasteiger partial charge in [0.25, 0.3) is 0 Å². The SMILES string of the molecule is Cc1ccc(C=Cc2nc3ncccc3[nH]2)cc1. The smallest absolute Gasteiger partial charge is 0.178 e. The lowest BCUT2D eigenvalue weighted by Gasteiger charge is -1.93. The maximum atomic E-state index is 4.39. The van der Waals surface area contributed by atoms with Crippen LogP contribution in [0.15, 0.2) is 42.6 Å². The highest BCUT2D eigenvalue weighted by Crippen LogP contribution is 2.11. The van der Waals surface area contributed by atoms with Crippen molar-refractivity contribution in [3.63, 3.8) is 0 Å². The van der Waals surface area contributed by atoms with Crippen LogP contribution in [0, 0.1) is 6.92 Å². The molecule has 2 aromatic heterocycles. The summed E-state index contributed by atoms with van der Waals surface area (Å²) in [5, 5.41) is 0. The summed E-state index contributed by atoms with van der Waals surface area (Å²) < 4.78 is 0. The number of nitrogens with one attached hydrogen (secondary N) is 1. The zero-order chi connectivity index (χ0) is 12.4. The van der Waals surface area contributed by atoms with E-state index in [1.807, 2.05) is 24.3 Å². The van der Waals surface area contributed by atoms with Crippen molar-refractivity contribution in [2.24, 2.45) is 0 Å². The summed E-state index contributed by atoms with van der Waals surface area (Å²) in [4.78, 5) is 11.8. The van der Waals surface area contributed by atoms with Crippen molar-refractivity contribution >= 4 is 23.3 Å². The fourth-order valence-corrected chi connectivity index (χ4v) is 1.80. The minimum atomic E-state index is 0.751. The van der Waals surface area contributed by atoms with Gasteiger partial charge in [0.15, 0.2) is 5.65 Å². The molecule has 3 nitrogen and oxygen atoms in total. The van der Waals surface area contributed by atoms with Gasteiger partial charge in [0.2, 0.25) is 0 Å². The van der Waals surface area contributed by atoms with Gasteiger partial charge in [-0.05, 0) is 30.7 Å². The van der Waals surface area contributed by atoms with Gasteiger partial charge in [-0.1, -0.05) is 35.9 Å². The van der Waals surface area contributed by atoms with E-state index in [0.29, 0.717) is 0 Å². The molecule has 18 heavy (non-hydrogen) atoms. The van der Waals surface area contributed by atoms with Crippen LogP contribution in [-0.2, 0) is 0 Å². The molecular weight excluding hydrogens is 222 g/mol. The van der Waals surface area contributed by atoms with Crippen molar-refractivity contribution in [1.29, 1.82) is 0 Å². The van der Waals surface area contributed by atoms with Crippen LogP contribution in [0.1, 0.15) is 17.0 Å². The molecule has 3 rings (SSSR count). The third kappa shape index (κ3) is 2.15. The number of aromatic nitrogens is 3. The predicted molar refractivity (Wildman–Crippen MR) is 74.0 cm³/mol. The minimum absolute atomic E-state index is 0.751. The van der Waals surface area contributed by atoms with E-state index >= 15 is 0 Å². The van der Waals surface area contributed by atoms with Crippen LogP contribution in [0.5, 0.6) is 0 Å². The number of pyridine rings is 1. The van der Waals surface area contributed by atoms with E-state index in [0.717, 1.165) is 22.6 Å². The number of benzene rings is 1. The predicted octanol–water partition coefficient (Wildman–Crippen LogP) is 3.44. The largest absolute Gasteiger partial charge is 0.337 e. The summed E-state index contributed by atoms with van der Waals surface area (Å²) in [6.45, 7) is 2.08. The molecule has 0 bridgehead atoms.